The molecule has 0 spiro atoms. The van der Waals surface area contributed by atoms with Gasteiger partial charge in [-0.25, -0.2) is 4.79 Å². The fourth-order valence-corrected chi connectivity index (χ4v) is 3.61. The van der Waals surface area contributed by atoms with Crippen molar-refractivity contribution in [2.45, 2.75) is 38.3 Å². The maximum absolute atomic E-state index is 11.4. The number of ether oxygens (including phenoxy) is 1. The molecule has 1 aromatic heterocycles. The van der Waals surface area contributed by atoms with Crippen molar-refractivity contribution < 1.29 is 14.3 Å². The molecule has 0 aliphatic heterocycles. The third kappa shape index (κ3) is 3.80. The van der Waals surface area contributed by atoms with Crippen LogP contribution in [0.25, 0.3) is 0 Å². The highest BCUT2D eigenvalue weighted by atomic mass is 32.1. The van der Waals surface area contributed by atoms with Gasteiger partial charge in [0.1, 0.15) is 4.88 Å². The predicted molar refractivity (Wildman–Crippen MR) is 77.5 cm³/mol. The second-order valence-corrected chi connectivity index (χ2v) is 6.24. The fourth-order valence-electron chi connectivity index (χ4n) is 2.66. The average molecular weight is 296 g/mol. The van der Waals surface area contributed by atoms with Crippen molar-refractivity contribution in [2.24, 2.45) is 5.73 Å². The van der Waals surface area contributed by atoms with Gasteiger partial charge in [-0.3, -0.25) is 9.69 Å². The number of nitrogens with two attached hydrogens (primary N) is 1. The maximum Gasteiger partial charge on any atom is 0.348 e. The predicted octanol–water partition coefficient (Wildman–Crippen LogP) is 1.76. The summed E-state index contributed by atoms with van der Waals surface area (Å²) >= 11 is 1.41. The number of rotatable bonds is 6. The molecule has 0 radical (unpaired) electrons. The summed E-state index contributed by atoms with van der Waals surface area (Å²) in [5.41, 5.74) is 5.34. The van der Waals surface area contributed by atoms with Gasteiger partial charge in [-0.05, 0) is 25.0 Å². The Hall–Kier alpha value is -1.40. The first-order valence-electron chi connectivity index (χ1n) is 6.79. The van der Waals surface area contributed by atoms with E-state index in [1.807, 2.05) is 6.07 Å². The van der Waals surface area contributed by atoms with Gasteiger partial charge < -0.3 is 10.5 Å². The number of primary amides is 1. The Kier molecular flexibility index (Phi) is 5.14. The van der Waals surface area contributed by atoms with Gasteiger partial charge in [-0.15, -0.1) is 11.3 Å². The summed E-state index contributed by atoms with van der Waals surface area (Å²) in [6.07, 6.45) is 4.64. The zero-order valence-electron chi connectivity index (χ0n) is 11.6. The van der Waals surface area contributed by atoms with Crippen LogP contribution in [0, 0.1) is 0 Å². The molecule has 0 unspecified atom stereocenters. The molecule has 2 N–H and O–H groups in total. The Morgan fingerprint density at radius 3 is 2.70 bits per heavy atom. The lowest BCUT2D eigenvalue weighted by Gasteiger charge is -2.26. The number of carbonyl (C=O) groups is 2. The average Bonchev–Trinajstić information content (AvgIpc) is 3.07. The van der Waals surface area contributed by atoms with E-state index in [1.54, 1.807) is 6.07 Å². The highest BCUT2D eigenvalue weighted by molar-refractivity contribution is 7.13. The van der Waals surface area contributed by atoms with Crippen LogP contribution in [0.5, 0.6) is 0 Å². The van der Waals surface area contributed by atoms with Gasteiger partial charge in [-0.1, -0.05) is 12.8 Å². The number of hydrogen-bond acceptors (Lipinski definition) is 5. The summed E-state index contributed by atoms with van der Waals surface area (Å²) in [4.78, 5) is 26.4. The smallest absolute Gasteiger partial charge is 0.348 e. The third-order valence-electron chi connectivity index (χ3n) is 3.61. The lowest BCUT2D eigenvalue weighted by molar-refractivity contribution is -0.119. The van der Waals surface area contributed by atoms with Crippen molar-refractivity contribution in [3.8, 4) is 0 Å². The van der Waals surface area contributed by atoms with Crippen LogP contribution in [0.2, 0.25) is 0 Å². The lowest BCUT2D eigenvalue weighted by atomic mass is 10.2. The highest BCUT2D eigenvalue weighted by Crippen LogP contribution is 2.26. The first-order chi connectivity index (χ1) is 9.60. The van der Waals surface area contributed by atoms with Crippen LogP contribution in [-0.2, 0) is 16.1 Å². The van der Waals surface area contributed by atoms with Gasteiger partial charge in [0.05, 0.1) is 13.7 Å². The van der Waals surface area contributed by atoms with Crippen molar-refractivity contribution in [1.29, 1.82) is 0 Å². The summed E-state index contributed by atoms with van der Waals surface area (Å²) in [5, 5.41) is 0. The van der Waals surface area contributed by atoms with Crippen LogP contribution in [0.1, 0.15) is 40.2 Å². The molecule has 1 heterocycles. The van der Waals surface area contributed by atoms with Gasteiger partial charge in [-0.2, -0.15) is 0 Å². The fraction of sp³-hybridized carbons (Fsp3) is 0.571. The zero-order valence-corrected chi connectivity index (χ0v) is 12.4. The molecule has 0 bridgehead atoms. The van der Waals surface area contributed by atoms with Crippen molar-refractivity contribution in [3.63, 3.8) is 0 Å². The monoisotopic (exact) mass is 296 g/mol. The van der Waals surface area contributed by atoms with Crippen LogP contribution >= 0.6 is 11.3 Å². The standard InChI is InChI=1S/C14H20N2O3S/c1-19-14(18)12-7-6-11(20-12)8-16(9-13(15)17)10-4-2-3-5-10/h6-7,10H,2-5,8-9H2,1H3,(H2,15,17). The Balaban J connectivity index is 2.04. The van der Waals surface area contributed by atoms with E-state index in [9.17, 15) is 9.59 Å². The van der Waals surface area contributed by atoms with Crippen molar-refractivity contribution in [2.75, 3.05) is 13.7 Å². The minimum Gasteiger partial charge on any atom is -0.465 e. The molecule has 1 aliphatic rings. The molecule has 0 saturated heterocycles. The molecule has 6 heteroatoms. The number of hydrogen-bond donors (Lipinski definition) is 1. The van der Waals surface area contributed by atoms with E-state index in [4.69, 9.17) is 10.5 Å². The van der Waals surface area contributed by atoms with Gasteiger partial charge in [0.2, 0.25) is 5.91 Å². The molecule has 1 fully saturated rings. The Morgan fingerprint density at radius 1 is 1.40 bits per heavy atom. The molecule has 1 aliphatic carbocycles. The third-order valence-corrected chi connectivity index (χ3v) is 4.66. The van der Waals surface area contributed by atoms with Crippen LogP contribution < -0.4 is 5.73 Å². The molecule has 1 amide bonds. The van der Waals surface area contributed by atoms with Gasteiger partial charge >= 0.3 is 5.97 Å². The first-order valence-corrected chi connectivity index (χ1v) is 7.61. The quantitative estimate of drug-likeness (QED) is 0.812. The highest BCUT2D eigenvalue weighted by Gasteiger charge is 2.24. The van der Waals surface area contributed by atoms with Crippen molar-refractivity contribution >= 4 is 23.2 Å². The van der Waals surface area contributed by atoms with Crippen LogP contribution in [-0.4, -0.2) is 36.5 Å². The van der Waals surface area contributed by atoms with Gasteiger partial charge in [0, 0.05) is 17.5 Å². The minimum atomic E-state index is -0.316. The van der Waals surface area contributed by atoms with Gasteiger partial charge in [0.15, 0.2) is 0 Å². The summed E-state index contributed by atoms with van der Waals surface area (Å²) in [6, 6.07) is 4.11. The molecule has 1 saturated carbocycles. The number of methoxy groups -OCH3 is 1. The zero-order chi connectivity index (χ0) is 14.5. The number of carbonyl (C=O) groups excluding carboxylic acids is 2. The Morgan fingerprint density at radius 2 is 2.10 bits per heavy atom. The molecule has 2 rings (SSSR count). The number of nitrogens with zero attached hydrogens (tertiary/aromatic N) is 1. The van der Waals surface area contributed by atoms with Crippen LogP contribution in [0.4, 0.5) is 0 Å². The minimum absolute atomic E-state index is 0.274. The van der Waals surface area contributed by atoms with Crippen molar-refractivity contribution in [3.05, 3.63) is 21.9 Å². The lowest BCUT2D eigenvalue weighted by Crippen LogP contribution is -2.39. The van der Waals surface area contributed by atoms with Crippen LogP contribution in [0.3, 0.4) is 0 Å². The summed E-state index contributed by atoms with van der Waals surface area (Å²) in [5.74, 6) is -0.620. The van der Waals surface area contributed by atoms with E-state index in [0.29, 0.717) is 17.5 Å². The van der Waals surface area contributed by atoms with E-state index < -0.39 is 0 Å². The SMILES string of the molecule is COC(=O)c1ccc(CN(CC(N)=O)C2CCCC2)s1. The summed E-state index contributed by atoms with van der Waals surface area (Å²) in [6.45, 7) is 0.936. The summed E-state index contributed by atoms with van der Waals surface area (Å²) in [7, 11) is 1.37. The Labute approximate surface area is 122 Å². The van der Waals surface area contributed by atoms with Gasteiger partial charge in [0.25, 0.3) is 0 Å². The first kappa shape index (κ1) is 15.0. The van der Waals surface area contributed by atoms with Crippen molar-refractivity contribution in [1.82, 2.24) is 4.90 Å². The largest absolute Gasteiger partial charge is 0.465 e. The topological polar surface area (TPSA) is 72.6 Å². The number of amides is 1. The molecule has 110 valence electrons. The van der Waals surface area contributed by atoms with Crippen LogP contribution in [0.15, 0.2) is 12.1 Å². The number of esters is 1. The van der Waals surface area contributed by atoms with E-state index in [1.165, 1.54) is 31.3 Å². The molecule has 1 aromatic rings. The van der Waals surface area contributed by atoms with E-state index in [0.717, 1.165) is 17.7 Å². The normalized spacial score (nSPS) is 15.7. The molecule has 0 atom stereocenters. The van der Waals surface area contributed by atoms with E-state index >= 15 is 0 Å². The Bertz CT molecular complexity index is 481. The number of thiophene rings is 1. The molecule has 20 heavy (non-hydrogen) atoms. The maximum atomic E-state index is 11.4. The van der Waals surface area contributed by atoms with E-state index in [-0.39, 0.29) is 18.4 Å². The second kappa shape index (κ2) is 6.85. The van der Waals surface area contributed by atoms with E-state index in [2.05, 4.69) is 4.90 Å². The molecule has 5 nitrogen and oxygen atoms in total. The molecular weight excluding hydrogens is 276 g/mol. The summed E-state index contributed by atoms with van der Waals surface area (Å²) < 4.78 is 4.70. The molecule has 0 aromatic carbocycles. The second-order valence-electron chi connectivity index (χ2n) is 5.07. The molecular formula is C14H20N2O3S.